The van der Waals surface area contributed by atoms with Gasteiger partial charge in [0.05, 0.1) is 13.2 Å². The first kappa shape index (κ1) is 17.0. The van der Waals surface area contributed by atoms with Crippen LogP contribution in [0.3, 0.4) is 0 Å². The second-order valence-corrected chi connectivity index (χ2v) is 6.77. The normalized spacial score (nSPS) is 15.4. The van der Waals surface area contributed by atoms with Gasteiger partial charge in [0.25, 0.3) is 5.91 Å². The van der Waals surface area contributed by atoms with Gasteiger partial charge in [-0.25, -0.2) is 4.98 Å². The van der Waals surface area contributed by atoms with Gasteiger partial charge in [-0.15, -0.1) is 11.3 Å². The van der Waals surface area contributed by atoms with Gasteiger partial charge in [0.15, 0.2) is 0 Å². The van der Waals surface area contributed by atoms with E-state index in [0.717, 1.165) is 49.1 Å². The zero-order valence-corrected chi connectivity index (χ0v) is 14.6. The van der Waals surface area contributed by atoms with E-state index in [2.05, 4.69) is 21.3 Å². The molecule has 128 valence electrons. The van der Waals surface area contributed by atoms with E-state index in [1.54, 1.807) is 5.38 Å². The summed E-state index contributed by atoms with van der Waals surface area (Å²) in [6, 6.07) is 6.19. The lowest BCUT2D eigenvalue weighted by Crippen LogP contribution is -2.35. The number of carbonyl (C=O) groups excluding carboxylic acids is 1. The molecule has 1 aliphatic heterocycles. The predicted molar refractivity (Wildman–Crippen MR) is 95.2 cm³/mol. The summed E-state index contributed by atoms with van der Waals surface area (Å²) in [4.78, 5) is 18.9. The van der Waals surface area contributed by atoms with E-state index in [4.69, 9.17) is 10.5 Å². The van der Waals surface area contributed by atoms with Crippen LogP contribution in [0.2, 0.25) is 0 Å². The Hall–Kier alpha value is -1.80. The largest absolute Gasteiger partial charge is 0.379 e. The highest BCUT2D eigenvalue weighted by atomic mass is 32.1. The van der Waals surface area contributed by atoms with Gasteiger partial charge in [-0.2, -0.15) is 0 Å². The van der Waals surface area contributed by atoms with Crippen LogP contribution in [0.4, 0.5) is 5.69 Å². The second kappa shape index (κ2) is 7.85. The number of morpholine rings is 1. The predicted octanol–water partition coefficient (Wildman–Crippen LogP) is 1.99. The minimum absolute atomic E-state index is 0.197. The first-order valence-electron chi connectivity index (χ1n) is 8.01. The minimum Gasteiger partial charge on any atom is -0.379 e. The molecule has 2 aromatic rings. The standard InChI is InChI=1S/C17H22N4O2S/c1-12-2-3-13(10-21-4-6-23-7-5-21)8-14(12)20-17(22)15-11-24-16(9-18)19-15/h2-3,8,11H,4-7,9-10,18H2,1H3,(H,20,22). The van der Waals surface area contributed by atoms with Crippen LogP contribution >= 0.6 is 11.3 Å². The van der Waals surface area contributed by atoms with Crippen molar-refractivity contribution in [1.82, 2.24) is 9.88 Å². The summed E-state index contributed by atoms with van der Waals surface area (Å²) < 4.78 is 5.38. The molecule has 1 aromatic heterocycles. The Balaban J connectivity index is 1.70. The number of ether oxygens (including phenoxy) is 1. The Morgan fingerprint density at radius 2 is 2.21 bits per heavy atom. The van der Waals surface area contributed by atoms with Crippen LogP contribution < -0.4 is 11.1 Å². The fraction of sp³-hybridized carbons (Fsp3) is 0.412. The van der Waals surface area contributed by atoms with Crippen LogP contribution in [-0.2, 0) is 17.8 Å². The fourth-order valence-corrected chi connectivity index (χ4v) is 3.27. The molecule has 0 spiro atoms. The number of nitrogens with two attached hydrogens (primary N) is 1. The molecule has 6 nitrogen and oxygen atoms in total. The fourth-order valence-electron chi connectivity index (χ4n) is 2.61. The maximum atomic E-state index is 12.4. The highest BCUT2D eigenvalue weighted by molar-refractivity contribution is 7.09. The third kappa shape index (κ3) is 4.18. The third-order valence-corrected chi connectivity index (χ3v) is 4.89. The zero-order valence-electron chi connectivity index (χ0n) is 13.7. The molecule has 1 saturated heterocycles. The third-order valence-electron chi connectivity index (χ3n) is 4.02. The summed E-state index contributed by atoms with van der Waals surface area (Å²) in [5.41, 5.74) is 9.00. The lowest BCUT2D eigenvalue weighted by Gasteiger charge is -2.26. The van der Waals surface area contributed by atoms with E-state index in [1.165, 1.54) is 16.9 Å². The number of thiazole rings is 1. The van der Waals surface area contributed by atoms with Crippen LogP contribution in [0.1, 0.15) is 26.6 Å². The molecule has 0 radical (unpaired) electrons. The highest BCUT2D eigenvalue weighted by Gasteiger charge is 2.14. The molecular formula is C17H22N4O2S. The van der Waals surface area contributed by atoms with Gasteiger partial charge in [0.2, 0.25) is 0 Å². The maximum Gasteiger partial charge on any atom is 0.275 e. The number of aromatic nitrogens is 1. The summed E-state index contributed by atoms with van der Waals surface area (Å²) in [5.74, 6) is -0.197. The molecule has 0 aliphatic carbocycles. The summed E-state index contributed by atoms with van der Waals surface area (Å²) in [5, 5.41) is 5.47. The molecule has 1 aromatic carbocycles. The smallest absolute Gasteiger partial charge is 0.275 e. The summed E-state index contributed by atoms with van der Waals surface area (Å²) in [7, 11) is 0. The highest BCUT2D eigenvalue weighted by Crippen LogP contribution is 2.20. The number of nitrogens with one attached hydrogen (secondary N) is 1. The van der Waals surface area contributed by atoms with E-state index in [0.29, 0.717) is 12.2 Å². The molecular weight excluding hydrogens is 324 g/mol. The SMILES string of the molecule is Cc1ccc(CN2CCOCC2)cc1NC(=O)c1csc(CN)n1. The molecule has 0 saturated carbocycles. The second-order valence-electron chi connectivity index (χ2n) is 5.82. The van der Waals surface area contributed by atoms with Crippen LogP contribution in [0.5, 0.6) is 0 Å². The average Bonchev–Trinajstić information content (AvgIpc) is 3.08. The van der Waals surface area contributed by atoms with Crippen molar-refractivity contribution in [3.8, 4) is 0 Å². The van der Waals surface area contributed by atoms with Crippen LogP contribution in [0.15, 0.2) is 23.6 Å². The molecule has 0 unspecified atom stereocenters. The molecule has 0 bridgehead atoms. The van der Waals surface area contributed by atoms with E-state index < -0.39 is 0 Å². The topological polar surface area (TPSA) is 80.5 Å². The van der Waals surface area contributed by atoms with Crippen molar-refractivity contribution in [2.24, 2.45) is 5.73 Å². The number of aryl methyl sites for hydroxylation is 1. The molecule has 3 rings (SSSR count). The lowest BCUT2D eigenvalue weighted by atomic mass is 10.1. The van der Waals surface area contributed by atoms with E-state index in [9.17, 15) is 4.79 Å². The zero-order chi connectivity index (χ0) is 16.9. The van der Waals surface area contributed by atoms with Crippen LogP contribution in [0.25, 0.3) is 0 Å². The van der Waals surface area contributed by atoms with Gasteiger partial charge in [0.1, 0.15) is 10.7 Å². The van der Waals surface area contributed by atoms with Crippen molar-refractivity contribution in [3.05, 3.63) is 45.4 Å². The molecule has 1 aliphatic rings. The number of carbonyl (C=O) groups is 1. The van der Waals surface area contributed by atoms with Gasteiger partial charge in [0, 0.05) is 37.2 Å². The number of amides is 1. The van der Waals surface area contributed by atoms with Gasteiger partial charge >= 0.3 is 0 Å². The van der Waals surface area contributed by atoms with E-state index in [1.807, 2.05) is 19.1 Å². The Bertz CT molecular complexity index is 710. The summed E-state index contributed by atoms with van der Waals surface area (Å²) >= 11 is 1.40. The molecule has 7 heteroatoms. The number of anilines is 1. The summed E-state index contributed by atoms with van der Waals surface area (Å²) in [6.45, 7) is 6.64. The monoisotopic (exact) mass is 346 g/mol. The van der Waals surface area contributed by atoms with Gasteiger partial charge in [-0.3, -0.25) is 9.69 Å². The Morgan fingerprint density at radius 1 is 1.42 bits per heavy atom. The Labute approximate surface area is 145 Å². The molecule has 3 N–H and O–H groups in total. The maximum absolute atomic E-state index is 12.4. The molecule has 24 heavy (non-hydrogen) atoms. The number of hydrogen-bond donors (Lipinski definition) is 2. The average molecular weight is 346 g/mol. The lowest BCUT2D eigenvalue weighted by molar-refractivity contribution is 0.0342. The molecule has 1 amide bonds. The minimum atomic E-state index is -0.197. The Kier molecular flexibility index (Phi) is 5.57. The molecule has 2 heterocycles. The number of benzene rings is 1. The van der Waals surface area contributed by atoms with Crippen molar-refractivity contribution in [2.45, 2.75) is 20.0 Å². The number of hydrogen-bond acceptors (Lipinski definition) is 6. The molecule has 0 atom stereocenters. The van der Waals surface area contributed by atoms with Gasteiger partial charge < -0.3 is 15.8 Å². The molecule has 1 fully saturated rings. The van der Waals surface area contributed by atoms with Crippen LogP contribution in [0, 0.1) is 6.92 Å². The number of rotatable bonds is 5. The van der Waals surface area contributed by atoms with Crippen LogP contribution in [-0.4, -0.2) is 42.1 Å². The van der Waals surface area contributed by atoms with E-state index in [-0.39, 0.29) is 5.91 Å². The van der Waals surface area contributed by atoms with Crippen molar-refractivity contribution in [2.75, 3.05) is 31.6 Å². The van der Waals surface area contributed by atoms with Gasteiger partial charge in [-0.05, 0) is 24.1 Å². The summed E-state index contributed by atoms with van der Waals surface area (Å²) in [6.07, 6.45) is 0. The first-order valence-corrected chi connectivity index (χ1v) is 8.89. The van der Waals surface area contributed by atoms with Crippen molar-refractivity contribution in [3.63, 3.8) is 0 Å². The Morgan fingerprint density at radius 3 is 2.92 bits per heavy atom. The van der Waals surface area contributed by atoms with Crippen molar-refractivity contribution >= 4 is 22.9 Å². The van der Waals surface area contributed by atoms with Gasteiger partial charge in [-0.1, -0.05) is 12.1 Å². The van der Waals surface area contributed by atoms with Crippen molar-refractivity contribution < 1.29 is 9.53 Å². The van der Waals surface area contributed by atoms with Crippen molar-refractivity contribution in [1.29, 1.82) is 0 Å². The first-order chi connectivity index (χ1) is 11.7. The number of nitrogens with zero attached hydrogens (tertiary/aromatic N) is 2. The quantitative estimate of drug-likeness (QED) is 0.865. The van der Waals surface area contributed by atoms with E-state index >= 15 is 0 Å².